The van der Waals surface area contributed by atoms with E-state index in [4.69, 9.17) is 4.74 Å². The Bertz CT molecular complexity index is 455. The average molecular weight is 301 g/mol. The molecule has 118 valence electrons. The molecule has 0 heterocycles. The van der Waals surface area contributed by atoms with E-state index in [2.05, 4.69) is 4.74 Å². The molecule has 0 aliphatic carbocycles. The maximum atomic E-state index is 12.0. The van der Waals surface area contributed by atoms with Gasteiger partial charge < -0.3 is 14.4 Å². The highest BCUT2D eigenvalue weighted by Crippen LogP contribution is 2.16. The van der Waals surface area contributed by atoms with Crippen LogP contribution in [0.15, 0.2) is 24.3 Å². The van der Waals surface area contributed by atoms with Crippen molar-refractivity contribution in [3.05, 3.63) is 29.8 Å². The minimum atomic E-state index is -2.84. The maximum Gasteiger partial charge on any atom is 0.387 e. The zero-order valence-corrected chi connectivity index (χ0v) is 12.7. The molecule has 0 unspecified atom stereocenters. The van der Waals surface area contributed by atoms with Crippen LogP contribution in [0.25, 0.3) is 0 Å². The van der Waals surface area contributed by atoms with E-state index in [9.17, 15) is 13.6 Å². The standard InChI is InChI=1S/C15H21F2NO3/c1-15(2,3)20-10-13(19)18(4)9-11-5-7-12(8-6-11)21-14(16)17/h5-8,14H,9-10H2,1-4H3. The summed E-state index contributed by atoms with van der Waals surface area (Å²) in [6.07, 6.45) is 0. The van der Waals surface area contributed by atoms with E-state index in [1.807, 2.05) is 20.8 Å². The number of ether oxygens (including phenoxy) is 2. The van der Waals surface area contributed by atoms with Crippen molar-refractivity contribution >= 4 is 5.91 Å². The van der Waals surface area contributed by atoms with Crippen LogP contribution in [-0.2, 0) is 16.1 Å². The molecule has 6 heteroatoms. The van der Waals surface area contributed by atoms with E-state index < -0.39 is 6.61 Å². The fourth-order valence-electron chi connectivity index (χ4n) is 1.53. The molecule has 0 N–H and O–H groups in total. The highest BCUT2D eigenvalue weighted by molar-refractivity contribution is 5.77. The van der Waals surface area contributed by atoms with E-state index in [1.54, 1.807) is 19.2 Å². The van der Waals surface area contributed by atoms with Gasteiger partial charge in [0.05, 0.1) is 5.60 Å². The zero-order valence-electron chi connectivity index (χ0n) is 12.7. The Morgan fingerprint density at radius 2 is 1.81 bits per heavy atom. The van der Waals surface area contributed by atoms with Crippen LogP contribution in [0.4, 0.5) is 8.78 Å². The predicted octanol–water partition coefficient (Wildman–Crippen LogP) is 3.06. The number of nitrogens with zero attached hydrogens (tertiary/aromatic N) is 1. The average Bonchev–Trinajstić information content (AvgIpc) is 2.36. The third kappa shape index (κ3) is 7.04. The summed E-state index contributed by atoms with van der Waals surface area (Å²) in [5.74, 6) is -0.0448. The van der Waals surface area contributed by atoms with Gasteiger partial charge in [0.25, 0.3) is 0 Å². The third-order valence-electron chi connectivity index (χ3n) is 2.62. The Morgan fingerprint density at radius 1 is 1.24 bits per heavy atom. The first-order valence-electron chi connectivity index (χ1n) is 6.59. The lowest BCUT2D eigenvalue weighted by Crippen LogP contribution is -2.33. The number of alkyl halides is 2. The summed E-state index contributed by atoms with van der Waals surface area (Å²) in [7, 11) is 1.66. The normalized spacial score (nSPS) is 11.6. The Morgan fingerprint density at radius 3 is 2.29 bits per heavy atom. The van der Waals surface area contributed by atoms with E-state index in [0.717, 1.165) is 5.56 Å². The molecule has 0 aliphatic rings. The molecule has 4 nitrogen and oxygen atoms in total. The second-order valence-corrected chi connectivity index (χ2v) is 5.67. The van der Waals surface area contributed by atoms with Crippen molar-refractivity contribution in [1.82, 2.24) is 4.90 Å². The Balaban J connectivity index is 2.50. The van der Waals surface area contributed by atoms with E-state index in [0.29, 0.717) is 6.54 Å². The first-order chi connectivity index (χ1) is 9.67. The molecule has 0 saturated carbocycles. The summed E-state index contributed by atoms with van der Waals surface area (Å²) in [5, 5.41) is 0. The van der Waals surface area contributed by atoms with Crippen molar-refractivity contribution < 1.29 is 23.0 Å². The zero-order chi connectivity index (χ0) is 16.0. The fraction of sp³-hybridized carbons (Fsp3) is 0.533. The smallest absolute Gasteiger partial charge is 0.387 e. The topological polar surface area (TPSA) is 38.8 Å². The van der Waals surface area contributed by atoms with Gasteiger partial charge in [0.1, 0.15) is 12.4 Å². The molecule has 0 radical (unpaired) electrons. The summed E-state index contributed by atoms with van der Waals surface area (Å²) in [5.41, 5.74) is 0.452. The van der Waals surface area contributed by atoms with Gasteiger partial charge >= 0.3 is 6.61 Å². The SMILES string of the molecule is CN(Cc1ccc(OC(F)F)cc1)C(=O)COC(C)(C)C. The summed E-state index contributed by atoms with van der Waals surface area (Å²) >= 11 is 0. The largest absolute Gasteiger partial charge is 0.435 e. The molecule has 0 aromatic heterocycles. The number of hydrogen-bond donors (Lipinski definition) is 0. The van der Waals surface area contributed by atoms with Crippen LogP contribution in [0.2, 0.25) is 0 Å². The van der Waals surface area contributed by atoms with Gasteiger partial charge in [-0.2, -0.15) is 8.78 Å². The Labute approximate surface area is 123 Å². The number of carbonyl (C=O) groups excluding carboxylic acids is 1. The van der Waals surface area contributed by atoms with Gasteiger partial charge in [-0.25, -0.2) is 0 Å². The highest BCUT2D eigenvalue weighted by Gasteiger charge is 2.15. The van der Waals surface area contributed by atoms with Gasteiger partial charge in [0.15, 0.2) is 0 Å². The van der Waals surface area contributed by atoms with Crippen LogP contribution in [-0.4, -0.2) is 36.7 Å². The molecule has 1 aromatic carbocycles. The van der Waals surface area contributed by atoms with Crippen molar-refractivity contribution in [3.63, 3.8) is 0 Å². The molecule has 0 aliphatic heterocycles. The van der Waals surface area contributed by atoms with Crippen LogP contribution in [0.1, 0.15) is 26.3 Å². The summed E-state index contributed by atoms with van der Waals surface area (Å²) < 4.78 is 33.7. The number of amides is 1. The molecule has 0 atom stereocenters. The summed E-state index contributed by atoms with van der Waals surface area (Å²) in [4.78, 5) is 13.4. The minimum absolute atomic E-state index is 0.00652. The quantitative estimate of drug-likeness (QED) is 0.810. The molecule has 1 amide bonds. The second kappa shape index (κ2) is 7.36. The van der Waals surface area contributed by atoms with Crippen LogP contribution in [0.5, 0.6) is 5.75 Å². The molecule has 1 aromatic rings. The lowest BCUT2D eigenvalue weighted by Gasteiger charge is -2.22. The van der Waals surface area contributed by atoms with Crippen molar-refractivity contribution in [2.24, 2.45) is 0 Å². The van der Waals surface area contributed by atoms with Gasteiger partial charge in [0.2, 0.25) is 5.91 Å². The first-order valence-corrected chi connectivity index (χ1v) is 6.59. The van der Waals surface area contributed by atoms with Gasteiger partial charge in [-0.05, 0) is 38.5 Å². The Kier molecular flexibility index (Phi) is 6.08. The van der Waals surface area contributed by atoms with Crippen molar-refractivity contribution in [3.8, 4) is 5.75 Å². The fourth-order valence-corrected chi connectivity index (χ4v) is 1.53. The molecule has 0 fully saturated rings. The number of hydrogen-bond acceptors (Lipinski definition) is 3. The van der Waals surface area contributed by atoms with Gasteiger partial charge in [-0.3, -0.25) is 4.79 Å². The highest BCUT2D eigenvalue weighted by atomic mass is 19.3. The Hall–Kier alpha value is -1.69. The molecule has 21 heavy (non-hydrogen) atoms. The van der Waals surface area contributed by atoms with Crippen molar-refractivity contribution in [2.75, 3.05) is 13.7 Å². The van der Waals surface area contributed by atoms with Crippen molar-refractivity contribution in [2.45, 2.75) is 39.5 Å². The van der Waals surface area contributed by atoms with E-state index in [1.165, 1.54) is 17.0 Å². The first kappa shape index (κ1) is 17.4. The van der Waals surface area contributed by atoms with Gasteiger partial charge in [0, 0.05) is 13.6 Å². The van der Waals surface area contributed by atoms with Crippen LogP contribution in [0.3, 0.4) is 0 Å². The van der Waals surface area contributed by atoms with E-state index in [-0.39, 0.29) is 23.9 Å². The van der Waals surface area contributed by atoms with Crippen LogP contribution < -0.4 is 4.74 Å². The monoisotopic (exact) mass is 301 g/mol. The molecule has 0 spiro atoms. The van der Waals surface area contributed by atoms with E-state index >= 15 is 0 Å². The molecule has 0 bridgehead atoms. The lowest BCUT2D eigenvalue weighted by atomic mass is 10.2. The molecule has 0 saturated heterocycles. The summed E-state index contributed by atoms with van der Waals surface area (Å²) in [6, 6.07) is 6.19. The molecular weight excluding hydrogens is 280 g/mol. The third-order valence-corrected chi connectivity index (χ3v) is 2.62. The number of likely N-dealkylation sites (N-methyl/N-ethyl adjacent to an activating group) is 1. The predicted molar refractivity (Wildman–Crippen MR) is 75.3 cm³/mol. The number of halogens is 2. The number of benzene rings is 1. The second-order valence-electron chi connectivity index (χ2n) is 5.67. The van der Waals surface area contributed by atoms with Crippen LogP contribution in [0, 0.1) is 0 Å². The van der Waals surface area contributed by atoms with Crippen LogP contribution >= 0.6 is 0 Å². The number of rotatable bonds is 6. The molecular formula is C15H21F2NO3. The minimum Gasteiger partial charge on any atom is -0.435 e. The number of carbonyl (C=O) groups is 1. The lowest BCUT2D eigenvalue weighted by molar-refractivity contribution is -0.140. The summed E-state index contributed by atoms with van der Waals surface area (Å²) in [6.45, 7) is 3.18. The molecule has 1 rings (SSSR count). The van der Waals surface area contributed by atoms with Crippen molar-refractivity contribution in [1.29, 1.82) is 0 Å². The van der Waals surface area contributed by atoms with Gasteiger partial charge in [-0.1, -0.05) is 12.1 Å². The maximum absolute atomic E-state index is 12.0. The van der Waals surface area contributed by atoms with Gasteiger partial charge in [-0.15, -0.1) is 0 Å².